The van der Waals surface area contributed by atoms with Gasteiger partial charge in [0.05, 0.1) is 5.69 Å². The molecule has 6 aromatic carbocycles. The molecule has 0 atom stereocenters. The molecule has 0 aliphatic carbocycles. The van der Waals surface area contributed by atoms with Crippen LogP contribution in [0.4, 0.5) is 0 Å². The number of aromatic nitrogens is 1. The molecule has 164 valence electrons. The van der Waals surface area contributed by atoms with Gasteiger partial charge in [-0.3, -0.25) is 0 Å². The van der Waals surface area contributed by atoms with Gasteiger partial charge in [0.2, 0.25) is 0 Å². The van der Waals surface area contributed by atoms with Crippen molar-refractivity contribution in [2.24, 2.45) is 0 Å². The number of fused-ring (bicyclic) bond motifs is 3. The molecule has 0 aliphatic heterocycles. The second kappa shape index (κ2) is 8.00. The second-order valence-corrected chi connectivity index (χ2v) is 9.03. The molecule has 7 rings (SSSR count). The Morgan fingerprint density at radius 3 is 1.37 bits per heavy atom. The van der Waals surface area contributed by atoms with E-state index in [1.165, 1.54) is 60.1 Å². The van der Waals surface area contributed by atoms with E-state index in [-0.39, 0.29) is 0 Å². The highest BCUT2D eigenvalue weighted by atomic mass is 14.7. The largest absolute Gasteiger partial charge is 0.360 e. The van der Waals surface area contributed by atoms with Crippen molar-refractivity contribution in [3.8, 4) is 33.5 Å². The van der Waals surface area contributed by atoms with Crippen molar-refractivity contribution in [1.29, 1.82) is 0 Å². The van der Waals surface area contributed by atoms with Gasteiger partial charge in [0.1, 0.15) is 0 Å². The summed E-state index contributed by atoms with van der Waals surface area (Å²) < 4.78 is 0. The summed E-state index contributed by atoms with van der Waals surface area (Å²) in [5.41, 5.74) is 7.33. The third-order valence-electron chi connectivity index (χ3n) is 7.08. The molecular formula is C34H23N. The number of benzene rings is 6. The lowest BCUT2D eigenvalue weighted by molar-refractivity contribution is 1.41. The van der Waals surface area contributed by atoms with E-state index >= 15 is 0 Å². The number of hydrogen-bond acceptors (Lipinski definition) is 0. The van der Waals surface area contributed by atoms with E-state index in [0.717, 1.165) is 5.69 Å². The average Bonchev–Trinajstić information content (AvgIpc) is 3.36. The fraction of sp³-hybridized carbons (Fsp3) is 0. The summed E-state index contributed by atoms with van der Waals surface area (Å²) in [6.07, 6.45) is 2.19. The Hall–Kier alpha value is -4.62. The van der Waals surface area contributed by atoms with Gasteiger partial charge in [-0.2, -0.15) is 0 Å². The molecule has 0 aliphatic rings. The number of nitrogens with one attached hydrogen (secondary N) is 1. The molecule has 0 saturated carbocycles. The Kier molecular flexibility index (Phi) is 4.53. The lowest BCUT2D eigenvalue weighted by Crippen LogP contribution is -1.89. The number of rotatable bonds is 3. The summed E-state index contributed by atoms with van der Waals surface area (Å²) in [6.45, 7) is 0. The van der Waals surface area contributed by atoms with Gasteiger partial charge in [-0.15, -0.1) is 0 Å². The lowest BCUT2D eigenvalue weighted by atomic mass is 9.88. The minimum absolute atomic E-state index is 1.15. The van der Waals surface area contributed by atoms with Gasteiger partial charge in [-0.1, -0.05) is 127 Å². The number of aromatic amines is 1. The van der Waals surface area contributed by atoms with E-state index < -0.39 is 0 Å². The van der Waals surface area contributed by atoms with Gasteiger partial charge < -0.3 is 4.98 Å². The van der Waals surface area contributed by atoms with Crippen molar-refractivity contribution in [2.45, 2.75) is 0 Å². The minimum Gasteiger partial charge on any atom is -0.360 e. The summed E-state index contributed by atoms with van der Waals surface area (Å²) in [7, 11) is 0. The predicted molar refractivity (Wildman–Crippen MR) is 150 cm³/mol. The fourth-order valence-corrected chi connectivity index (χ4v) is 5.48. The number of hydrogen-bond donors (Lipinski definition) is 1. The van der Waals surface area contributed by atoms with Crippen LogP contribution in [0.25, 0.3) is 65.8 Å². The summed E-state index contributed by atoms with van der Waals surface area (Å²) >= 11 is 0. The van der Waals surface area contributed by atoms with Crippen molar-refractivity contribution >= 4 is 32.3 Å². The molecule has 7 aromatic rings. The minimum atomic E-state index is 1.15. The summed E-state index contributed by atoms with van der Waals surface area (Å²) in [5, 5.41) is 7.52. The normalized spacial score (nSPS) is 11.4. The molecule has 35 heavy (non-hydrogen) atoms. The van der Waals surface area contributed by atoms with Crippen molar-refractivity contribution in [3.63, 3.8) is 0 Å². The molecule has 1 nitrogen and oxygen atoms in total. The fourth-order valence-electron chi connectivity index (χ4n) is 5.48. The summed E-state index contributed by atoms with van der Waals surface area (Å²) in [4.78, 5) is 3.71. The van der Waals surface area contributed by atoms with E-state index in [0.29, 0.717) is 0 Å². The second-order valence-electron chi connectivity index (χ2n) is 9.03. The van der Waals surface area contributed by atoms with Crippen molar-refractivity contribution < 1.29 is 0 Å². The van der Waals surface area contributed by atoms with Gasteiger partial charge in [0, 0.05) is 22.9 Å². The van der Waals surface area contributed by atoms with Gasteiger partial charge in [-0.25, -0.2) is 0 Å². The maximum Gasteiger partial charge on any atom is 0.0546 e. The first-order valence-corrected chi connectivity index (χ1v) is 12.0. The van der Waals surface area contributed by atoms with Crippen LogP contribution in [-0.4, -0.2) is 4.98 Å². The third kappa shape index (κ3) is 3.17. The van der Waals surface area contributed by atoms with E-state index in [1.54, 1.807) is 0 Å². The molecule has 0 unspecified atom stereocenters. The smallest absolute Gasteiger partial charge is 0.0546 e. The molecule has 0 fully saturated rings. The van der Waals surface area contributed by atoms with Gasteiger partial charge in [-0.05, 0) is 43.4 Å². The summed E-state index contributed by atoms with van der Waals surface area (Å²) in [5.74, 6) is 0. The zero-order chi connectivity index (χ0) is 23.2. The third-order valence-corrected chi connectivity index (χ3v) is 7.08. The van der Waals surface area contributed by atoms with Crippen molar-refractivity contribution in [2.75, 3.05) is 0 Å². The van der Waals surface area contributed by atoms with Crippen LogP contribution >= 0.6 is 0 Å². The monoisotopic (exact) mass is 445 g/mol. The average molecular weight is 446 g/mol. The Bertz CT molecular complexity index is 1740. The molecule has 0 bridgehead atoms. The highest BCUT2D eigenvalue weighted by Gasteiger charge is 2.20. The van der Waals surface area contributed by atoms with Crippen LogP contribution in [0.2, 0.25) is 0 Å². The Morgan fingerprint density at radius 1 is 0.343 bits per heavy atom. The molecular weight excluding hydrogens is 422 g/mol. The molecule has 1 heteroatoms. The van der Waals surface area contributed by atoms with Gasteiger partial charge in [0.15, 0.2) is 0 Å². The van der Waals surface area contributed by atoms with Crippen LogP contribution in [0, 0.1) is 0 Å². The standard InChI is InChI=1S/C34H23N/c1-4-16-26-23(10-1)13-7-19-29(26)32-22-35-34(31-21-9-15-25-12-3-6-18-28(25)31)33(32)30-20-8-14-24-11-2-5-17-27(24)30/h1-22,35H. The quantitative estimate of drug-likeness (QED) is 0.279. The molecule has 0 radical (unpaired) electrons. The van der Waals surface area contributed by atoms with Crippen LogP contribution in [-0.2, 0) is 0 Å². The van der Waals surface area contributed by atoms with Crippen LogP contribution in [0.5, 0.6) is 0 Å². The molecule has 1 N–H and O–H groups in total. The van der Waals surface area contributed by atoms with Crippen molar-refractivity contribution in [3.05, 3.63) is 134 Å². The van der Waals surface area contributed by atoms with Gasteiger partial charge >= 0.3 is 0 Å². The highest BCUT2D eigenvalue weighted by molar-refractivity contribution is 6.10. The molecule has 0 amide bonds. The lowest BCUT2D eigenvalue weighted by Gasteiger charge is -2.14. The first-order valence-electron chi connectivity index (χ1n) is 12.0. The Morgan fingerprint density at radius 2 is 0.771 bits per heavy atom. The van der Waals surface area contributed by atoms with E-state index in [9.17, 15) is 0 Å². The first kappa shape index (κ1) is 19.8. The van der Waals surface area contributed by atoms with E-state index in [1.807, 2.05) is 0 Å². The molecule has 1 heterocycles. The van der Waals surface area contributed by atoms with E-state index in [4.69, 9.17) is 0 Å². The maximum atomic E-state index is 3.71. The van der Waals surface area contributed by atoms with Gasteiger partial charge in [0.25, 0.3) is 0 Å². The predicted octanol–water partition coefficient (Wildman–Crippen LogP) is 9.48. The highest BCUT2D eigenvalue weighted by Crippen LogP contribution is 2.45. The van der Waals surface area contributed by atoms with Crippen LogP contribution in [0.3, 0.4) is 0 Å². The molecule has 1 aromatic heterocycles. The summed E-state index contributed by atoms with van der Waals surface area (Å²) in [6, 6.07) is 45.7. The SMILES string of the molecule is c1ccc2c(-c3c[nH]c(-c4cccc5ccccc45)c3-c3cccc4ccccc34)cccc2c1. The molecule has 0 saturated heterocycles. The van der Waals surface area contributed by atoms with Crippen molar-refractivity contribution in [1.82, 2.24) is 4.98 Å². The topological polar surface area (TPSA) is 15.8 Å². The number of H-pyrrole nitrogens is 1. The Labute approximate surface area is 204 Å². The van der Waals surface area contributed by atoms with Crippen LogP contribution in [0.1, 0.15) is 0 Å². The Balaban J connectivity index is 1.61. The maximum absolute atomic E-state index is 3.71. The zero-order valence-corrected chi connectivity index (χ0v) is 19.2. The van der Waals surface area contributed by atoms with E-state index in [2.05, 4.69) is 139 Å². The van der Waals surface area contributed by atoms with Crippen LogP contribution < -0.4 is 0 Å². The molecule has 0 spiro atoms. The zero-order valence-electron chi connectivity index (χ0n) is 19.2. The van der Waals surface area contributed by atoms with Crippen LogP contribution in [0.15, 0.2) is 134 Å². The first-order chi connectivity index (χ1) is 17.4.